The Morgan fingerprint density at radius 1 is 0.299 bits per heavy atom. The highest BCUT2D eigenvalue weighted by molar-refractivity contribution is 6.01. The monoisotopic (exact) mass is 979 g/mol. The summed E-state index contributed by atoms with van der Waals surface area (Å²) in [5.74, 6) is 2.72. The zero-order valence-corrected chi connectivity index (χ0v) is 41.8. The van der Waals surface area contributed by atoms with E-state index >= 15 is 0 Å². The largest absolute Gasteiger partial charge is 0.228 e. The summed E-state index contributed by atoms with van der Waals surface area (Å²) in [6.07, 6.45) is 4.08. The van der Waals surface area contributed by atoms with Gasteiger partial charge < -0.3 is 0 Å². The summed E-state index contributed by atoms with van der Waals surface area (Å²) in [6, 6.07) is 87.6. The predicted molar refractivity (Wildman–Crippen MR) is 313 cm³/mol. The van der Waals surface area contributed by atoms with Gasteiger partial charge in [-0.2, -0.15) is 0 Å². The third-order valence-electron chi connectivity index (χ3n) is 16.4. The molecular weight excluding hydrogens is 935 g/mol. The van der Waals surface area contributed by atoms with E-state index in [1.807, 2.05) is 0 Å². The summed E-state index contributed by atoms with van der Waals surface area (Å²) in [5, 5.41) is 9.23. The highest BCUT2D eigenvalue weighted by atomic mass is 15.0. The second-order valence-corrected chi connectivity index (χ2v) is 20.5. The van der Waals surface area contributed by atoms with Crippen molar-refractivity contribution < 1.29 is 0 Å². The summed E-state index contributed by atoms with van der Waals surface area (Å²) >= 11 is 0. The Bertz CT molecular complexity index is 4660. The molecule has 2 aromatic heterocycles. The quantitative estimate of drug-likeness (QED) is 0.166. The Kier molecular flexibility index (Phi) is 9.61. The third-order valence-corrected chi connectivity index (χ3v) is 16.4. The van der Waals surface area contributed by atoms with Crippen LogP contribution in [0.4, 0.5) is 0 Å². The summed E-state index contributed by atoms with van der Waals surface area (Å²) < 4.78 is 0. The fourth-order valence-corrected chi connectivity index (χ4v) is 13.0. The van der Waals surface area contributed by atoms with Crippen LogP contribution in [0.1, 0.15) is 40.9 Å². The lowest BCUT2D eigenvalue weighted by molar-refractivity contribution is 0.794. The molecule has 358 valence electrons. The zero-order valence-electron chi connectivity index (χ0n) is 41.8. The van der Waals surface area contributed by atoms with Crippen LogP contribution < -0.4 is 10.4 Å². The van der Waals surface area contributed by atoms with E-state index in [9.17, 15) is 0 Å². The molecule has 1 unspecified atom stereocenters. The van der Waals surface area contributed by atoms with Crippen molar-refractivity contribution in [3.63, 3.8) is 0 Å². The Morgan fingerprint density at radius 3 is 1.42 bits per heavy atom. The van der Waals surface area contributed by atoms with Gasteiger partial charge in [0.1, 0.15) is 0 Å². The molecule has 0 saturated heterocycles. The molecule has 16 rings (SSSR count). The van der Waals surface area contributed by atoms with E-state index in [0.717, 1.165) is 84.6 Å². The third kappa shape index (κ3) is 6.63. The fraction of sp³-hybridized carbons (Fsp3) is 0.0417. The van der Waals surface area contributed by atoms with E-state index in [1.165, 1.54) is 60.3 Å². The maximum Gasteiger partial charge on any atom is 0.164 e. The zero-order chi connectivity index (χ0) is 50.6. The number of rotatable bonds is 6. The van der Waals surface area contributed by atoms with Crippen LogP contribution in [0.25, 0.3) is 123 Å². The maximum absolute atomic E-state index is 5.54. The fourth-order valence-electron chi connectivity index (χ4n) is 13.0. The summed E-state index contributed by atoms with van der Waals surface area (Å²) in [5.41, 5.74) is 17.0. The van der Waals surface area contributed by atoms with Gasteiger partial charge in [0.25, 0.3) is 0 Å². The minimum Gasteiger partial charge on any atom is -0.228 e. The van der Waals surface area contributed by atoms with Gasteiger partial charge in [0.15, 0.2) is 23.3 Å². The summed E-state index contributed by atoms with van der Waals surface area (Å²) in [7, 11) is 0. The minimum atomic E-state index is -0.672. The lowest BCUT2D eigenvalue weighted by atomic mass is 9.70. The van der Waals surface area contributed by atoms with Crippen LogP contribution >= 0.6 is 0 Å². The summed E-state index contributed by atoms with van der Waals surface area (Å²) in [6.45, 7) is 0. The molecule has 0 N–H and O–H groups in total. The molecule has 0 amide bonds. The molecule has 3 aliphatic carbocycles. The van der Waals surface area contributed by atoms with E-state index < -0.39 is 5.41 Å². The number of hydrogen-bond donors (Lipinski definition) is 0. The lowest BCUT2D eigenvalue weighted by Gasteiger charge is -2.31. The van der Waals surface area contributed by atoms with Gasteiger partial charge in [-0.05, 0) is 118 Å². The average Bonchev–Trinajstić information content (AvgIpc) is 3.99. The van der Waals surface area contributed by atoms with Crippen LogP contribution in [0.3, 0.4) is 0 Å². The SMILES string of the molecule is C1=c2ccccc2=C(c2nc(-c3ccc4c(c3)C3(c5ccccc5-c5ccc(-c6cc(-c7cccc8ccccc78)nc(-c7cccc8ccccc78)n6)cc53)c3ccccc3-4)nc(-c3cccc4ccccc34)n2)CC1. The van der Waals surface area contributed by atoms with Gasteiger partial charge in [0.05, 0.1) is 16.8 Å². The van der Waals surface area contributed by atoms with Crippen molar-refractivity contribution in [3.8, 4) is 78.9 Å². The van der Waals surface area contributed by atoms with Crippen LogP contribution in [0, 0.1) is 0 Å². The van der Waals surface area contributed by atoms with Crippen molar-refractivity contribution in [2.75, 3.05) is 0 Å². The van der Waals surface area contributed by atoms with Crippen LogP contribution in [0.15, 0.2) is 243 Å². The molecule has 1 atom stereocenters. The number of aromatic nitrogens is 5. The van der Waals surface area contributed by atoms with Crippen molar-refractivity contribution >= 4 is 44.0 Å². The molecule has 13 aromatic rings. The Hall–Kier alpha value is -9.97. The average molecular weight is 980 g/mol. The molecular formula is C72H45N5. The second kappa shape index (κ2) is 17.0. The minimum absolute atomic E-state index is 0.648. The van der Waals surface area contributed by atoms with Gasteiger partial charge in [-0.1, -0.05) is 231 Å². The molecule has 5 nitrogen and oxygen atoms in total. The Balaban J connectivity index is 0.934. The van der Waals surface area contributed by atoms with Crippen molar-refractivity contribution in [1.82, 2.24) is 24.9 Å². The molecule has 0 radical (unpaired) electrons. The highest BCUT2D eigenvalue weighted by Gasteiger charge is 2.52. The van der Waals surface area contributed by atoms with E-state index in [2.05, 4.69) is 249 Å². The van der Waals surface area contributed by atoms with E-state index in [1.54, 1.807) is 0 Å². The molecule has 0 aliphatic heterocycles. The second-order valence-electron chi connectivity index (χ2n) is 20.5. The predicted octanol–water partition coefficient (Wildman–Crippen LogP) is 15.6. The molecule has 3 aliphatic rings. The van der Waals surface area contributed by atoms with Crippen molar-refractivity contribution in [3.05, 3.63) is 281 Å². The van der Waals surface area contributed by atoms with Gasteiger partial charge in [-0.25, -0.2) is 24.9 Å². The Labute approximate surface area is 445 Å². The standard InChI is InChI=1S/C72H45N5/c1-5-25-50-44(17-1)21-13-31-58(50)67-43-66(73-69(74-67)59-32-14-22-45-18-2-6-26-51(45)59)48-37-39-56-54-29-9-11-35-62(54)72(64(56)41-48)63-36-12-10-30-55(63)57-40-38-49(42-65(57)72)68-75-70(60-33-15-23-46-19-3-7-27-52(46)60)77-71(76-68)61-34-16-24-47-20-4-8-28-53(47)61/h1-15,17-33,35-43H,16,34H2. The van der Waals surface area contributed by atoms with Gasteiger partial charge in [0, 0.05) is 33.4 Å². The van der Waals surface area contributed by atoms with E-state index in [-0.39, 0.29) is 0 Å². The Morgan fingerprint density at radius 2 is 0.753 bits per heavy atom. The molecule has 2 heterocycles. The van der Waals surface area contributed by atoms with Crippen LogP contribution in [0.2, 0.25) is 0 Å². The van der Waals surface area contributed by atoms with Gasteiger partial charge in [0.2, 0.25) is 0 Å². The number of benzene rings is 11. The molecule has 0 saturated carbocycles. The molecule has 5 heteroatoms. The number of hydrogen-bond acceptors (Lipinski definition) is 5. The summed E-state index contributed by atoms with van der Waals surface area (Å²) in [4.78, 5) is 27.3. The smallest absolute Gasteiger partial charge is 0.164 e. The van der Waals surface area contributed by atoms with Gasteiger partial charge >= 0.3 is 0 Å². The highest BCUT2D eigenvalue weighted by Crippen LogP contribution is 2.63. The van der Waals surface area contributed by atoms with Crippen molar-refractivity contribution in [2.45, 2.75) is 18.3 Å². The topological polar surface area (TPSA) is 64.5 Å². The van der Waals surface area contributed by atoms with Gasteiger partial charge in [-0.3, -0.25) is 0 Å². The molecule has 11 aromatic carbocycles. The van der Waals surface area contributed by atoms with Gasteiger partial charge in [-0.15, -0.1) is 0 Å². The number of fused-ring (bicyclic) bond motifs is 14. The lowest BCUT2D eigenvalue weighted by Crippen LogP contribution is -2.30. The maximum atomic E-state index is 5.54. The molecule has 0 bridgehead atoms. The van der Waals surface area contributed by atoms with Crippen LogP contribution in [-0.2, 0) is 5.41 Å². The molecule has 1 spiro atoms. The first-order valence-electron chi connectivity index (χ1n) is 26.5. The first kappa shape index (κ1) is 43.4. The normalized spacial score (nSPS) is 14.8. The van der Waals surface area contributed by atoms with Crippen molar-refractivity contribution in [2.24, 2.45) is 0 Å². The number of nitrogens with zero attached hydrogens (tertiary/aromatic N) is 5. The first-order chi connectivity index (χ1) is 38.2. The van der Waals surface area contributed by atoms with Crippen molar-refractivity contribution in [1.29, 1.82) is 0 Å². The molecule has 77 heavy (non-hydrogen) atoms. The molecule has 0 fully saturated rings. The van der Waals surface area contributed by atoms with E-state index in [0.29, 0.717) is 23.3 Å². The van der Waals surface area contributed by atoms with Crippen LogP contribution in [-0.4, -0.2) is 24.9 Å². The first-order valence-corrected chi connectivity index (χ1v) is 26.5. The van der Waals surface area contributed by atoms with Crippen LogP contribution in [0.5, 0.6) is 0 Å². The van der Waals surface area contributed by atoms with E-state index in [4.69, 9.17) is 24.9 Å².